The van der Waals surface area contributed by atoms with E-state index in [2.05, 4.69) is 31.2 Å². The molecule has 0 heterocycles. The first kappa shape index (κ1) is 28.7. The van der Waals surface area contributed by atoms with Crippen molar-refractivity contribution in [1.82, 2.24) is 0 Å². The van der Waals surface area contributed by atoms with Crippen molar-refractivity contribution in [3.8, 4) is 0 Å². The van der Waals surface area contributed by atoms with Gasteiger partial charge in [0.25, 0.3) is 0 Å². The lowest BCUT2D eigenvalue weighted by Gasteiger charge is -2.53. The Labute approximate surface area is 220 Å². The number of unbranched alkanes of at least 4 members (excludes halogenated alkanes) is 10. The van der Waals surface area contributed by atoms with E-state index in [1.54, 1.807) is 0 Å². The smallest absolute Gasteiger partial charge is 0.141 e. The molecular weight excluding hydrogens is 452 g/mol. The summed E-state index contributed by atoms with van der Waals surface area (Å²) in [6, 6.07) is 8.99. The van der Waals surface area contributed by atoms with Crippen LogP contribution in [-0.4, -0.2) is 24.4 Å². The molecule has 3 aliphatic carbocycles. The van der Waals surface area contributed by atoms with E-state index >= 15 is 0 Å². The maximum absolute atomic E-state index is 12.9. The van der Waals surface area contributed by atoms with Crippen molar-refractivity contribution in [1.29, 1.82) is 0 Å². The molecular formula is C32H51ClO2. The van der Waals surface area contributed by atoms with Crippen LogP contribution in [-0.2, 0) is 21.4 Å². The summed E-state index contributed by atoms with van der Waals surface area (Å²) in [6.07, 6.45) is 23.4. The van der Waals surface area contributed by atoms with Gasteiger partial charge in [-0.3, -0.25) is 4.79 Å². The molecule has 3 heteroatoms. The highest BCUT2D eigenvalue weighted by Crippen LogP contribution is 2.54. The summed E-state index contributed by atoms with van der Waals surface area (Å²) in [5.41, 5.74) is 3.09. The molecule has 0 aliphatic heterocycles. The van der Waals surface area contributed by atoms with Gasteiger partial charge in [0.05, 0.1) is 5.60 Å². The first-order valence-electron chi connectivity index (χ1n) is 14.8. The molecule has 0 aromatic heterocycles. The number of ketones is 1. The highest BCUT2D eigenvalue weighted by Gasteiger charge is 2.49. The van der Waals surface area contributed by atoms with Gasteiger partial charge in [-0.05, 0) is 61.5 Å². The Balaban J connectivity index is 1.33. The van der Waals surface area contributed by atoms with Gasteiger partial charge in [0.2, 0.25) is 0 Å². The van der Waals surface area contributed by atoms with Crippen LogP contribution in [0.4, 0.5) is 0 Å². The van der Waals surface area contributed by atoms with Crippen LogP contribution in [0.15, 0.2) is 24.3 Å². The van der Waals surface area contributed by atoms with Gasteiger partial charge in [0.1, 0.15) is 5.78 Å². The highest BCUT2D eigenvalue weighted by molar-refractivity contribution is 6.19. The molecule has 2 nitrogen and oxygen atoms in total. The van der Waals surface area contributed by atoms with E-state index in [9.17, 15) is 4.79 Å². The third kappa shape index (κ3) is 8.32. The third-order valence-electron chi connectivity index (χ3n) is 9.35. The van der Waals surface area contributed by atoms with Gasteiger partial charge in [-0.25, -0.2) is 0 Å². The Morgan fingerprint density at radius 1 is 0.829 bits per heavy atom. The van der Waals surface area contributed by atoms with Gasteiger partial charge < -0.3 is 4.74 Å². The molecule has 0 amide bonds. The van der Waals surface area contributed by atoms with E-state index in [0.29, 0.717) is 23.5 Å². The van der Waals surface area contributed by atoms with Gasteiger partial charge >= 0.3 is 0 Å². The van der Waals surface area contributed by atoms with Gasteiger partial charge in [0, 0.05) is 25.3 Å². The van der Waals surface area contributed by atoms with Crippen LogP contribution in [0.5, 0.6) is 0 Å². The van der Waals surface area contributed by atoms with Crippen LogP contribution in [0.1, 0.15) is 134 Å². The van der Waals surface area contributed by atoms with E-state index in [4.69, 9.17) is 16.3 Å². The minimum Gasteiger partial charge on any atom is -0.378 e. The van der Waals surface area contributed by atoms with Crippen molar-refractivity contribution in [3.05, 3.63) is 35.4 Å². The Hall–Kier alpha value is -0.860. The van der Waals surface area contributed by atoms with Crippen LogP contribution >= 0.6 is 11.6 Å². The second kappa shape index (κ2) is 14.8. The Morgan fingerprint density at radius 3 is 1.83 bits per heavy atom. The summed E-state index contributed by atoms with van der Waals surface area (Å²) in [6.45, 7) is 2.28. The van der Waals surface area contributed by atoms with E-state index in [1.165, 1.54) is 108 Å². The SMILES string of the molecule is CCCCCCCCCCCCCC(CCl)C(=O)Cc1ccc(C23CCC(OC)(CC2)CC3)cc1. The predicted octanol–water partition coefficient (Wildman–Crippen LogP) is 9.35. The molecule has 1 aromatic rings. The Kier molecular flexibility index (Phi) is 12.1. The number of halogens is 1. The maximum Gasteiger partial charge on any atom is 0.141 e. The molecule has 4 rings (SSSR count). The molecule has 1 aromatic carbocycles. The zero-order valence-corrected chi connectivity index (χ0v) is 23.5. The number of rotatable bonds is 18. The minimum absolute atomic E-state index is 0.00681. The molecule has 3 aliphatic rings. The van der Waals surface area contributed by atoms with Crippen LogP contribution in [0.3, 0.4) is 0 Å². The van der Waals surface area contributed by atoms with Crippen molar-refractivity contribution < 1.29 is 9.53 Å². The summed E-state index contributed by atoms with van der Waals surface area (Å²) in [7, 11) is 1.88. The summed E-state index contributed by atoms with van der Waals surface area (Å²) < 4.78 is 5.87. The van der Waals surface area contributed by atoms with Crippen molar-refractivity contribution in [2.75, 3.05) is 13.0 Å². The zero-order valence-electron chi connectivity index (χ0n) is 22.7. The summed E-state index contributed by atoms with van der Waals surface area (Å²) in [5.74, 6) is 0.782. The highest BCUT2D eigenvalue weighted by atomic mass is 35.5. The van der Waals surface area contributed by atoms with Gasteiger partial charge in [-0.1, -0.05) is 102 Å². The average molecular weight is 503 g/mol. The molecule has 1 atom stereocenters. The quantitative estimate of drug-likeness (QED) is 0.147. The zero-order chi connectivity index (χ0) is 25.0. The number of hydrogen-bond donors (Lipinski definition) is 0. The van der Waals surface area contributed by atoms with E-state index < -0.39 is 0 Å². The van der Waals surface area contributed by atoms with Crippen molar-refractivity contribution in [3.63, 3.8) is 0 Å². The number of carbonyl (C=O) groups is 1. The van der Waals surface area contributed by atoms with Crippen LogP contribution < -0.4 is 0 Å². The van der Waals surface area contributed by atoms with Crippen LogP contribution in [0, 0.1) is 5.92 Å². The maximum atomic E-state index is 12.9. The summed E-state index contributed by atoms with van der Waals surface area (Å²) in [5, 5.41) is 0. The van der Waals surface area contributed by atoms with Gasteiger partial charge in [-0.15, -0.1) is 11.6 Å². The first-order chi connectivity index (χ1) is 17.1. The third-order valence-corrected chi connectivity index (χ3v) is 9.73. The van der Waals surface area contributed by atoms with Gasteiger partial charge in [0.15, 0.2) is 0 Å². The number of carbonyl (C=O) groups excluding carboxylic acids is 1. The fraction of sp³-hybridized carbons (Fsp3) is 0.781. The minimum atomic E-state index is 0.00681. The van der Waals surface area contributed by atoms with Crippen molar-refractivity contribution >= 4 is 17.4 Å². The fourth-order valence-electron chi connectivity index (χ4n) is 6.59. The number of hydrogen-bond acceptors (Lipinski definition) is 2. The van der Waals surface area contributed by atoms with E-state index in [1.807, 2.05) is 7.11 Å². The molecule has 3 saturated carbocycles. The molecule has 35 heavy (non-hydrogen) atoms. The Bertz CT molecular complexity index is 716. The topological polar surface area (TPSA) is 26.3 Å². The van der Waals surface area contributed by atoms with Crippen molar-refractivity contribution in [2.24, 2.45) is 5.92 Å². The monoisotopic (exact) mass is 502 g/mol. The molecule has 0 radical (unpaired) electrons. The number of fused-ring (bicyclic) bond motifs is 3. The molecule has 0 saturated heterocycles. The first-order valence-corrected chi connectivity index (χ1v) is 15.3. The molecule has 0 N–H and O–H groups in total. The number of methoxy groups -OCH3 is 1. The molecule has 2 bridgehead atoms. The second-order valence-corrected chi connectivity index (χ2v) is 12.0. The van der Waals surface area contributed by atoms with E-state index in [0.717, 1.165) is 18.4 Å². The number of Topliss-reactive ketones (excluding diaryl/α,β-unsaturated/α-hetero) is 1. The largest absolute Gasteiger partial charge is 0.378 e. The van der Waals surface area contributed by atoms with Crippen LogP contribution in [0.2, 0.25) is 0 Å². The van der Waals surface area contributed by atoms with Crippen LogP contribution in [0.25, 0.3) is 0 Å². The molecule has 198 valence electrons. The Morgan fingerprint density at radius 2 is 1.34 bits per heavy atom. The lowest BCUT2D eigenvalue weighted by Crippen LogP contribution is -2.49. The standard InChI is InChI=1S/C32H51ClO2/c1-3-4-5-6-7-8-9-10-11-12-13-14-28(26-33)30(34)25-27-15-17-29(18-16-27)31-19-22-32(35-2,23-20-31)24-21-31/h15-18,28H,3-14,19-26H2,1-2H3. The fourth-order valence-corrected chi connectivity index (χ4v) is 6.92. The average Bonchev–Trinajstić information content (AvgIpc) is 2.91. The van der Waals surface area contributed by atoms with E-state index in [-0.39, 0.29) is 11.5 Å². The predicted molar refractivity (Wildman–Crippen MR) is 150 cm³/mol. The summed E-state index contributed by atoms with van der Waals surface area (Å²) >= 11 is 6.22. The number of ether oxygens (including phenoxy) is 1. The lowest BCUT2D eigenvalue weighted by atomic mass is 9.56. The lowest BCUT2D eigenvalue weighted by molar-refractivity contribution is -0.121. The normalized spacial score (nSPS) is 24.5. The molecule has 1 unspecified atom stereocenters. The van der Waals surface area contributed by atoms with Gasteiger partial charge in [-0.2, -0.15) is 0 Å². The summed E-state index contributed by atoms with van der Waals surface area (Å²) in [4.78, 5) is 12.9. The second-order valence-electron chi connectivity index (χ2n) is 11.7. The molecule has 0 spiro atoms. The van der Waals surface area contributed by atoms with Crippen molar-refractivity contribution in [2.45, 2.75) is 140 Å². The molecule has 3 fully saturated rings. The number of benzene rings is 1. The number of alkyl halides is 1.